The summed E-state index contributed by atoms with van der Waals surface area (Å²) in [6.45, 7) is 6.48. The molecule has 0 amide bonds. The second-order valence-electron chi connectivity index (χ2n) is 4.68. The Labute approximate surface area is 113 Å². The van der Waals surface area contributed by atoms with Crippen molar-refractivity contribution in [2.45, 2.75) is 27.2 Å². The maximum absolute atomic E-state index is 5.64. The quantitative estimate of drug-likeness (QED) is 0.918. The average Bonchev–Trinajstić information content (AvgIpc) is 2.73. The maximum atomic E-state index is 5.64. The summed E-state index contributed by atoms with van der Waals surface area (Å²) in [4.78, 5) is 4.49. The Balaban J connectivity index is 2.55. The van der Waals surface area contributed by atoms with Gasteiger partial charge in [-0.15, -0.1) is 0 Å². The van der Waals surface area contributed by atoms with Crippen LogP contribution >= 0.6 is 0 Å². The molecule has 19 heavy (non-hydrogen) atoms. The molecule has 0 aliphatic heterocycles. The molecule has 0 unspecified atom stereocenters. The van der Waals surface area contributed by atoms with Gasteiger partial charge in [0.2, 0.25) is 0 Å². The molecule has 0 aliphatic carbocycles. The van der Waals surface area contributed by atoms with Crippen molar-refractivity contribution >= 4 is 0 Å². The molecule has 0 fully saturated rings. The molecule has 1 aromatic heterocycles. The predicted molar refractivity (Wildman–Crippen MR) is 75.5 cm³/mol. The molecule has 0 saturated carbocycles. The van der Waals surface area contributed by atoms with Gasteiger partial charge in [0, 0.05) is 18.9 Å². The lowest BCUT2D eigenvalue weighted by Crippen LogP contribution is -2.03. The van der Waals surface area contributed by atoms with Crippen molar-refractivity contribution in [1.29, 1.82) is 0 Å². The monoisotopic (exact) mass is 260 g/mol. The van der Waals surface area contributed by atoms with E-state index in [1.165, 1.54) is 0 Å². The first kappa shape index (κ1) is 13.6. The summed E-state index contributed by atoms with van der Waals surface area (Å²) < 4.78 is 11.0. The van der Waals surface area contributed by atoms with Crippen LogP contribution in [-0.4, -0.2) is 18.6 Å². The molecule has 102 valence electrons. The molecule has 4 nitrogen and oxygen atoms in total. The average molecular weight is 260 g/mol. The van der Waals surface area contributed by atoms with Gasteiger partial charge in [0.05, 0.1) is 7.11 Å². The fraction of sp³-hybridized carbons (Fsp3) is 0.400. The van der Waals surface area contributed by atoms with Gasteiger partial charge in [-0.25, -0.2) is 4.98 Å². The highest BCUT2D eigenvalue weighted by Crippen LogP contribution is 2.32. The molecule has 2 N–H and O–H groups in total. The summed E-state index contributed by atoms with van der Waals surface area (Å²) in [6.07, 6.45) is 0.695. The Bertz CT molecular complexity index is 588. The molecule has 2 aromatic rings. The normalized spacial score (nSPS) is 10.8. The number of methoxy groups -OCH3 is 1. The van der Waals surface area contributed by atoms with Crippen LogP contribution in [0.4, 0.5) is 0 Å². The Morgan fingerprint density at radius 1 is 1.21 bits per heavy atom. The molecule has 0 bridgehead atoms. The summed E-state index contributed by atoms with van der Waals surface area (Å²) >= 11 is 0. The maximum Gasteiger partial charge on any atom is 0.191 e. The number of rotatable bonds is 4. The van der Waals surface area contributed by atoms with Crippen molar-refractivity contribution in [2.75, 3.05) is 13.7 Å². The van der Waals surface area contributed by atoms with E-state index in [4.69, 9.17) is 14.9 Å². The number of hydrogen-bond acceptors (Lipinski definition) is 4. The molecule has 0 spiro atoms. The third-order valence-electron chi connectivity index (χ3n) is 3.17. The molecule has 0 saturated heterocycles. The molecule has 0 atom stereocenters. The number of ether oxygens (including phenoxy) is 1. The zero-order valence-corrected chi connectivity index (χ0v) is 11.9. The van der Waals surface area contributed by atoms with Crippen molar-refractivity contribution in [1.82, 2.24) is 4.98 Å². The lowest BCUT2D eigenvalue weighted by Gasteiger charge is -2.10. The second kappa shape index (κ2) is 5.45. The van der Waals surface area contributed by atoms with E-state index in [0.29, 0.717) is 18.9 Å². The van der Waals surface area contributed by atoms with Crippen LogP contribution in [-0.2, 0) is 6.42 Å². The van der Waals surface area contributed by atoms with Crippen LogP contribution in [0.1, 0.15) is 22.8 Å². The van der Waals surface area contributed by atoms with E-state index in [0.717, 1.165) is 33.9 Å². The van der Waals surface area contributed by atoms with Crippen LogP contribution < -0.4 is 10.5 Å². The summed E-state index contributed by atoms with van der Waals surface area (Å²) in [5.74, 6) is 2.42. The second-order valence-corrected chi connectivity index (χ2v) is 4.68. The largest absolute Gasteiger partial charge is 0.496 e. The van der Waals surface area contributed by atoms with Gasteiger partial charge in [0.1, 0.15) is 17.2 Å². The molecule has 0 radical (unpaired) electrons. The summed E-state index contributed by atoms with van der Waals surface area (Å²) in [7, 11) is 1.68. The Kier molecular flexibility index (Phi) is 3.90. The lowest BCUT2D eigenvalue weighted by atomic mass is 10.0. The zero-order chi connectivity index (χ0) is 14.0. The third-order valence-corrected chi connectivity index (χ3v) is 3.17. The fourth-order valence-corrected chi connectivity index (χ4v) is 2.24. The molecule has 0 aliphatic rings. The van der Waals surface area contributed by atoms with E-state index in [9.17, 15) is 0 Å². The predicted octanol–water partition coefficient (Wildman–Crippen LogP) is 2.78. The Hall–Kier alpha value is -1.81. The first-order valence-corrected chi connectivity index (χ1v) is 6.38. The van der Waals surface area contributed by atoms with Gasteiger partial charge in [0.15, 0.2) is 5.89 Å². The lowest BCUT2D eigenvalue weighted by molar-refractivity contribution is 0.411. The Morgan fingerprint density at radius 3 is 2.58 bits per heavy atom. The van der Waals surface area contributed by atoms with Crippen LogP contribution in [0.5, 0.6) is 5.75 Å². The molecular weight excluding hydrogens is 240 g/mol. The number of oxazole rings is 1. The first-order chi connectivity index (χ1) is 9.06. The van der Waals surface area contributed by atoms with Crippen LogP contribution in [0.15, 0.2) is 16.5 Å². The van der Waals surface area contributed by atoms with Crippen LogP contribution in [0.25, 0.3) is 11.3 Å². The van der Waals surface area contributed by atoms with Crippen molar-refractivity contribution in [3.05, 3.63) is 34.9 Å². The van der Waals surface area contributed by atoms with Crippen molar-refractivity contribution in [3.8, 4) is 17.0 Å². The number of hydrogen-bond donors (Lipinski definition) is 1. The standard InChI is InChI=1S/C15H20N2O2/c1-9-8-14(18-4)10(2)7-12(9)15-13(5-6-16)19-11(3)17-15/h7-8H,5-6,16H2,1-4H3. The van der Waals surface area contributed by atoms with E-state index in [2.05, 4.69) is 11.1 Å². The van der Waals surface area contributed by atoms with Crippen molar-refractivity contribution in [3.63, 3.8) is 0 Å². The van der Waals surface area contributed by atoms with Crippen molar-refractivity contribution in [2.24, 2.45) is 5.73 Å². The minimum absolute atomic E-state index is 0.551. The SMILES string of the molecule is COc1cc(C)c(-c2nc(C)oc2CCN)cc1C. The highest BCUT2D eigenvalue weighted by Gasteiger charge is 2.16. The number of nitrogens with zero attached hydrogens (tertiary/aromatic N) is 1. The minimum Gasteiger partial charge on any atom is -0.496 e. The van der Waals surface area contributed by atoms with Gasteiger partial charge in [0.25, 0.3) is 0 Å². The summed E-state index contributed by atoms with van der Waals surface area (Å²) in [5.41, 5.74) is 9.80. The number of benzene rings is 1. The van der Waals surface area contributed by atoms with Gasteiger partial charge in [-0.05, 0) is 43.7 Å². The van der Waals surface area contributed by atoms with Gasteiger partial charge < -0.3 is 14.9 Å². The minimum atomic E-state index is 0.551. The van der Waals surface area contributed by atoms with E-state index >= 15 is 0 Å². The number of aryl methyl sites for hydroxylation is 3. The molecular formula is C15H20N2O2. The van der Waals surface area contributed by atoms with Gasteiger partial charge in [-0.1, -0.05) is 0 Å². The van der Waals surface area contributed by atoms with E-state index in [-0.39, 0.29) is 0 Å². The van der Waals surface area contributed by atoms with Gasteiger partial charge in [-0.2, -0.15) is 0 Å². The number of nitrogens with two attached hydrogens (primary N) is 1. The third kappa shape index (κ3) is 2.63. The first-order valence-electron chi connectivity index (χ1n) is 6.38. The molecule has 1 heterocycles. The van der Waals surface area contributed by atoms with Gasteiger partial charge in [-0.3, -0.25) is 0 Å². The summed E-state index contributed by atoms with van der Waals surface area (Å²) in [5, 5.41) is 0. The molecule has 2 rings (SSSR count). The smallest absolute Gasteiger partial charge is 0.191 e. The molecule has 1 aromatic carbocycles. The van der Waals surface area contributed by atoms with E-state index in [1.807, 2.05) is 26.8 Å². The zero-order valence-electron chi connectivity index (χ0n) is 11.9. The van der Waals surface area contributed by atoms with E-state index in [1.54, 1.807) is 7.11 Å². The number of aromatic nitrogens is 1. The van der Waals surface area contributed by atoms with Crippen molar-refractivity contribution < 1.29 is 9.15 Å². The van der Waals surface area contributed by atoms with Crippen LogP contribution in [0, 0.1) is 20.8 Å². The van der Waals surface area contributed by atoms with Crippen LogP contribution in [0.3, 0.4) is 0 Å². The molecule has 4 heteroatoms. The highest BCUT2D eigenvalue weighted by atomic mass is 16.5. The topological polar surface area (TPSA) is 61.3 Å². The van der Waals surface area contributed by atoms with Crippen LogP contribution in [0.2, 0.25) is 0 Å². The highest BCUT2D eigenvalue weighted by molar-refractivity contribution is 5.68. The van der Waals surface area contributed by atoms with Gasteiger partial charge >= 0.3 is 0 Å². The van der Waals surface area contributed by atoms with E-state index < -0.39 is 0 Å². The summed E-state index contributed by atoms with van der Waals surface area (Å²) in [6, 6.07) is 4.12. The fourth-order valence-electron chi connectivity index (χ4n) is 2.24. The Morgan fingerprint density at radius 2 is 1.95 bits per heavy atom.